The topological polar surface area (TPSA) is 41.1 Å². The number of para-hydroxylation sites is 1. The van der Waals surface area contributed by atoms with E-state index >= 15 is 0 Å². The lowest BCUT2D eigenvalue weighted by molar-refractivity contribution is 0.0938. The minimum Gasteiger partial charge on any atom is -0.383 e. The van der Waals surface area contributed by atoms with Crippen molar-refractivity contribution in [3.05, 3.63) is 65.0 Å². The van der Waals surface area contributed by atoms with Gasteiger partial charge in [0.05, 0.1) is 6.04 Å². The average Bonchev–Trinajstić information content (AvgIpc) is 2.50. The molecule has 0 spiro atoms. The smallest absolute Gasteiger partial charge is 0.251 e. The van der Waals surface area contributed by atoms with Crippen LogP contribution in [0.2, 0.25) is 0 Å². The number of halogens is 1. The summed E-state index contributed by atoms with van der Waals surface area (Å²) >= 11 is 0. The third kappa shape index (κ3) is 2.89. The number of benzene rings is 2. The number of amides is 1. The van der Waals surface area contributed by atoms with Gasteiger partial charge in [-0.05, 0) is 42.7 Å². The first-order valence-electron chi connectivity index (χ1n) is 7.02. The second kappa shape index (κ2) is 5.56. The van der Waals surface area contributed by atoms with Crippen molar-refractivity contribution < 1.29 is 9.18 Å². The molecule has 2 N–H and O–H groups in total. The second-order valence-electron chi connectivity index (χ2n) is 5.38. The number of carbonyl (C=O) groups is 1. The van der Waals surface area contributed by atoms with E-state index in [-0.39, 0.29) is 17.8 Å². The molecule has 1 atom stereocenters. The average molecular weight is 284 g/mol. The Kier molecular flexibility index (Phi) is 3.60. The van der Waals surface area contributed by atoms with E-state index in [0.717, 1.165) is 12.1 Å². The van der Waals surface area contributed by atoms with Gasteiger partial charge in [0, 0.05) is 17.8 Å². The van der Waals surface area contributed by atoms with Crippen molar-refractivity contribution in [2.45, 2.75) is 19.4 Å². The summed E-state index contributed by atoms with van der Waals surface area (Å²) in [6.45, 7) is 2.36. The zero-order chi connectivity index (χ0) is 14.8. The molecule has 3 nitrogen and oxygen atoms in total. The largest absolute Gasteiger partial charge is 0.383 e. The second-order valence-corrected chi connectivity index (χ2v) is 5.38. The molecule has 1 unspecified atom stereocenters. The van der Waals surface area contributed by atoms with Crippen LogP contribution in [-0.2, 0) is 6.42 Å². The van der Waals surface area contributed by atoms with Crippen LogP contribution in [0.15, 0.2) is 42.5 Å². The van der Waals surface area contributed by atoms with Crippen LogP contribution in [0.3, 0.4) is 0 Å². The molecule has 0 aromatic heterocycles. The molecule has 2 aromatic rings. The number of hydrogen-bond acceptors (Lipinski definition) is 2. The normalized spacial score (nSPS) is 16.8. The molecular weight excluding hydrogens is 267 g/mol. The lowest BCUT2D eigenvalue weighted by atomic mass is 9.99. The number of aryl methyl sites for hydroxylation is 1. The maximum Gasteiger partial charge on any atom is 0.251 e. The molecule has 3 rings (SSSR count). The molecule has 0 aliphatic carbocycles. The quantitative estimate of drug-likeness (QED) is 0.890. The molecule has 0 bridgehead atoms. The highest BCUT2D eigenvalue weighted by molar-refractivity contribution is 5.94. The number of rotatable bonds is 2. The van der Waals surface area contributed by atoms with Crippen molar-refractivity contribution in [1.29, 1.82) is 0 Å². The third-order valence-corrected chi connectivity index (χ3v) is 3.79. The van der Waals surface area contributed by atoms with Crippen LogP contribution < -0.4 is 10.6 Å². The first-order chi connectivity index (χ1) is 10.1. The van der Waals surface area contributed by atoms with Crippen LogP contribution in [-0.4, -0.2) is 18.5 Å². The minimum atomic E-state index is -0.352. The van der Waals surface area contributed by atoms with Gasteiger partial charge in [-0.3, -0.25) is 4.79 Å². The number of fused-ring (bicyclic) bond motifs is 1. The standard InChI is InChI=1S/C17H17FN2O/c1-11-6-7-13(9-15(11)18)17(21)20-14-8-12-4-2-3-5-16(12)19-10-14/h2-7,9,14,19H,8,10H2,1H3,(H,20,21). The molecule has 1 heterocycles. The molecular formula is C17H17FN2O. The first-order valence-corrected chi connectivity index (χ1v) is 7.02. The van der Waals surface area contributed by atoms with E-state index in [0.29, 0.717) is 17.7 Å². The van der Waals surface area contributed by atoms with Gasteiger partial charge in [0.1, 0.15) is 5.82 Å². The Morgan fingerprint density at radius 3 is 2.90 bits per heavy atom. The molecule has 4 heteroatoms. The summed E-state index contributed by atoms with van der Waals surface area (Å²) in [7, 11) is 0. The summed E-state index contributed by atoms with van der Waals surface area (Å²) in [4.78, 5) is 12.2. The Morgan fingerprint density at radius 2 is 2.10 bits per heavy atom. The van der Waals surface area contributed by atoms with Crippen molar-refractivity contribution in [2.24, 2.45) is 0 Å². The van der Waals surface area contributed by atoms with Crippen LogP contribution in [0.1, 0.15) is 21.5 Å². The van der Waals surface area contributed by atoms with E-state index in [1.165, 1.54) is 11.6 Å². The van der Waals surface area contributed by atoms with E-state index in [1.807, 2.05) is 24.3 Å². The van der Waals surface area contributed by atoms with Gasteiger partial charge in [-0.15, -0.1) is 0 Å². The van der Waals surface area contributed by atoms with Crippen LogP contribution in [0.25, 0.3) is 0 Å². The third-order valence-electron chi connectivity index (χ3n) is 3.79. The van der Waals surface area contributed by atoms with Gasteiger partial charge < -0.3 is 10.6 Å². The van der Waals surface area contributed by atoms with Gasteiger partial charge in [-0.2, -0.15) is 0 Å². The maximum absolute atomic E-state index is 13.5. The van der Waals surface area contributed by atoms with Crippen LogP contribution in [0.5, 0.6) is 0 Å². The highest BCUT2D eigenvalue weighted by Gasteiger charge is 2.20. The molecule has 1 aliphatic rings. The van der Waals surface area contributed by atoms with E-state index < -0.39 is 0 Å². The van der Waals surface area contributed by atoms with E-state index in [4.69, 9.17) is 0 Å². The zero-order valence-corrected chi connectivity index (χ0v) is 11.8. The van der Waals surface area contributed by atoms with E-state index in [9.17, 15) is 9.18 Å². The Hall–Kier alpha value is -2.36. The lowest BCUT2D eigenvalue weighted by Gasteiger charge is -2.27. The fourth-order valence-corrected chi connectivity index (χ4v) is 2.55. The van der Waals surface area contributed by atoms with Gasteiger partial charge in [0.2, 0.25) is 0 Å². The van der Waals surface area contributed by atoms with E-state index in [1.54, 1.807) is 19.1 Å². The molecule has 1 amide bonds. The van der Waals surface area contributed by atoms with Crippen molar-refractivity contribution in [3.8, 4) is 0 Å². The summed E-state index contributed by atoms with van der Waals surface area (Å²) < 4.78 is 13.5. The fourth-order valence-electron chi connectivity index (χ4n) is 2.55. The SMILES string of the molecule is Cc1ccc(C(=O)NC2CNc3ccccc3C2)cc1F. The molecule has 0 saturated heterocycles. The summed E-state index contributed by atoms with van der Waals surface area (Å²) in [5, 5.41) is 6.26. The van der Waals surface area contributed by atoms with Crippen molar-refractivity contribution in [2.75, 3.05) is 11.9 Å². The van der Waals surface area contributed by atoms with Crippen LogP contribution in [0.4, 0.5) is 10.1 Å². The molecule has 0 fully saturated rings. The number of anilines is 1. The molecule has 1 aliphatic heterocycles. The highest BCUT2D eigenvalue weighted by atomic mass is 19.1. The molecule has 0 saturated carbocycles. The van der Waals surface area contributed by atoms with Gasteiger partial charge in [-0.25, -0.2) is 4.39 Å². The minimum absolute atomic E-state index is 0.0109. The fraction of sp³-hybridized carbons (Fsp3) is 0.235. The summed E-state index contributed by atoms with van der Waals surface area (Å²) in [6, 6.07) is 12.6. The Morgan fingerprint density at radius 1 is 1.29 bits per heavy atom. The predicted octanol–water partition coefficient (Wildman–Crippen LogP) is 2.90. The predicted molar refractivity (Wildman–Crippen MR) is 81.0 cm³/mol. The van der Waals surface area contributed by atoms with Crippen LogP contribution in [0, 0.1) is 12.7 Å². The highest BCUT2D eigenvalue weighted by Crippen LogP contribution is 2.21. The Bertz CT molecular complexity index is 684. The Balaban J connectivity index is 1.70. The van der Waals surface area contributed by atoms with Crippen molar-refractivity contribution in [1.82, 2.24) is 5.32 Å². The molecule has 2 aromatic carbocycles. The van der Waals surface area contributed by atoms with Crippen LogP contribution >= 0.6 is 0 Å². The van der Waals surface area contributed by atoms with Gasteiger partial charge in [0.25, 0.3) is 5.91 Å². The molecule has 0 radical (unpaired) electrons. The van der Waals surface area contributed by atoms with Gasteiger partial charge in [-0.1, -0.05) is 24.3 Å². The Labute approximate surface area is 123 Å². The first kappa shape index (κ1) is 13.6. The van der Waals surface area contributed by atoms with Crippen molar-refractivity contribution in [3.63, 3.8) is 0 Å². The monoisotopic (exact) mass is 284 g/mol. The number of hydrogen-bond donors (Lipinski definition) is 2. The number of carbonyl (C=O) groups excluding carboxylic acids is 1. The lowest BCUT2D eigenvalue weighted by Crippen LogP contribution is -2.43. The molecule has 108 valence electrons. The summed E-state index contributed by atoms with van der Waals surface area (Å²) in [6.07, 6.45) is 0.781. The zero-order valence-electron chi connectivity index (χ0n) is 11.8. The summed E-state index contributed by atoms with van der Waals surface area (Å²) in [5.74, 6) is -0.588. The number of nitrogens with one attached hydrogen (secondary N) is 2. The molecule has 21 heavy (non-hydrogen) atoms. The maximum atomic E-state index is 13.5. The van der Waals surface area contributed by atoms with Gasteiger partial charge in [0.15, 0.2) is 0 Å². The van der Waals surface area contributed by atoms with Crippen molar-refractivity contribution >= 4 is 11.6 Å². The van der Waals surface area contributed by atoms with E-state index in [2.05, 4.69) is 10.6 Å². The van der Waals surface area contributed by atoms with Gasteiger partial charge >= 0.3 is 0 Å². The summed E-state index contributed by atoms with van der Waals surface area (Å²) in [5.41, 5.74) is 3.20.